The molecule has 176 valence electrons. The van der Waals surface area contributed by atoms with Crippen LogP contribution in [0.3, 0.4) is 0 Å². The van der Waals surface area contributed by atoms with Gasteiger partial charge in [-0.15, -0.1) is 0 Å². The standard InChI is InChI=1S/C29H30N6/c1-21-26-11-13-32-28(26)10-9-27(21)34-29-23(19-31-20-24(29)17-30)6-8-25-7-5-22(18-33-25)12-16-35-14-3-2-4-15-35/h5-11,13,18-20,32H,2-4,12,14-16H2,1H3,(H,31,34)/b8-6+. The van der Waals surface area contributed by atoms with Crippen LogP contribution in [0.15, 0.2) is 55.1 Å². The zero-order chi connectivity index (χ0) is 24.0. The number of likely N-dealkylation sites (tertiary alicyclic amines) is 1. The first-order valence-corrected chi connectivity index (χ1v) is 12.3. The second-order valence-electron chi connectivity index (χ2n) is 9.14. The van der Waals surface area contributed by atoms with Crippen molar-refractivity contribution < 1.29 is 0 Å². The summed E-state index contributed by atoms with van der Waals surface area (Å²) in [5.74, 6) is 0. The Hall–Kier alpha value is -3.95. The Kier molecular flexibility index (Phi) is 6.87. The van der Waals surface area contributed by atoms with Gasteiger partial charge in [0.05, 0.1) is 16.9 Å². The molecule has 0 amide bonds. The van der Waals surface area contributed by atoms with Crippen LogP contribution in [0.4, 0.5) is 11.4 Å². The number of aryl methyl sites for hydroxylation is 1. The number of hydrogen-bond acceptors (Lipinski definition) is 5. The molecular formula is C29H30N6. The van der Waals surface area contributed by atoms with Crippen LogP contribution in [0, 0.1) is 18.3 Å². The average Bonchev–Trinajstić information content (AvgIpc) is 3.39. The molecule has 0 radical (unpaired) electrons. The largest absolute Gasteiger partial charge is 0.361 e. The second kappa shape index (κ2) is 10.5. The van der Waals surface area contributed by atoms with E-state index in [0.29, 0.717) is 5.56 Å². The van der Waals surface area contributed by atoms with Crippen LogP contribution < -0.4 is 5.32 Å². The van der Waals surface area contributed by atoms with Gasteiger partial charge in [0.25, 0.3) is 0 Å². The quantitative estimate of drug-likeness (QED) is 0.348. The molecule has 0 bridgehead atoms. The molecule has 3 aromatic heterocycles. The first kappa shape index (κ1) is 22.8. The lowest BCUT2D eigenvalue weighted by molar-refractivity contribution is 0.231. The van der Waals surface area contributed by atoms with E-state index in [-0.39, 0.29) is 0 Å². The Morgan fingerprint density at radius 1 is 1.06 bits per heavy atom. The number of benzene rings is 1. The van der Waals surface area contributed by atoms with Crippen LogP contribution in [0.25, 0.3) is 23.1 Å². The first-order valence-electron chi connectivity index (χ1n) is 12.3. The fourth-order valence-corrected chi connectivity index (χ4v) is 4.71. The van der Waals surface area contributed by atoms with Crippen molar-refractivity contribution in [3.63, 3.8) is 0 Å². The first-order chi connectivity index (χ1) is 17.2. The molecular weight excluding hydrogens is 432 g/mol. The summed E-state index contributed by atoms with van der Waals surface area (Å²) in [5.41, 5.74) is 7.41. The number of aromatic amines is 1. The van der Waals surface area contributed by atoms with E-state index in [0.717, 1.165) is 52.1 Å². The fourth-order valence-electron chi connectivity index (χ4n) is 4.71. The molecule has 0 aliphatic carbocycles. The second-order valence-corrected chi connectivity index (χ2v) is 9.14. The van der Waals surface area contributed by atoms with E-state index < -0.39 is 0 Å². The highest BCUT2D eigenvalue weighted by Gasteiger charge is 2.12. The van der Waals surface area contributed by atoms with Crippen molar-refractivity contribution >= 4 is 34.4 Å². The third kappa shape index (κ3) is 5.26. The van der Waals surface area contributed by atoms with Gasteiger partial charge in [-0.3, -0.25) is 9.97 Å². The Balaban J connectivity index is 1.33. The number of pyridine rings is 2. The van der Waals surface area contributed by atoms with Crippen LogP contribution in [0.2, 0.25) is 0 Å². The van der Waals surface area contributed by atoms with Gasteiger partial charge in [-0.05, 0) is 86.8 Å². The molecule has 4 heterocycles. The molecule has 0 saturated carbocycles. The summed E-state index contributed by atoms with van der Waals surface area (Å²) in [7, 11) is 0. The Bertz CT molecular complexity index is 1370. The van der Waals surface area contributed by atoms with Gasteiger partial charge in [-0.2, -0.15) is 5.26 Å². The lowest BCUT2D eigenvalue weighted by atomic mass is 10.1. The molecule has 0 spiro atoms. The number of nitrogens with one attached hydrogen (secondary N) is 2. The molecule has 35 heavy (non-hydrogen) atoms. The fraction of sp³-hybridized carbons (Fsp3) is 0.276. The van der Waals surface area contributed by atoms with Gasteiger partial charge in [0, 0.05) is 53.5 Å². The maximum Gasteiger partial charge on any atom is 0.103 e. The molecule has 4 aromatic rings. The van der Waals surface area contributed by atoms with Crippen LogP contribution in [0.1, 0.15) is 47.2 Å². The van der Waals surface area contributed by atoms with E-state index in [1.165, 1.54) is 37.9 Å². The average molecular weight is 463 g/mol. The number of hydrogen-bond donors (Lipinski definition) is 2. The van der Waals surface area contributed by atoms with Gasteiger partial charge < -0.3 is 15.2 Å². The van der Waals surface area contributed by atoms with Gasteiger partial charge in [0.15, 0.2) is 0 Å². The summed E-state index contributed by atoms with van der Waals surface area (Å²) in [6.07, 6.45) is 16.3. The van der Waals surface area contributed by atoms with Crippen LogP contribution in [-0.4, -0.2) is 39.5 Å². The highest BCUT2D eigenvalue weighted by Crippen LogP contribution is 2.31. The monoisotopic (exact) mass is 462 g/mol. The Labute approximate surface area is 206 Å². The van der Waals surface area contributed by atoms with E-state index in [2.05, 4.69) is 56.4 Å². The van der Waals surface area contributed by atoms with Gasteiger partial charge in [0.1, 0.15) is 6.07 Å². The Morgan fingerprint density at radius 2 is 1.94 bits per heavy atom. The van der Waals surface area contributed by atoms with Gasteiger partial charge in [0.2, 0.25) is 0 Å². The van der Waals surface area contributed by atoms with Crippen molar-refractivity contribution in [1.82, 2.24) is 19.9 Å². The summed E-state index contributed by atoms with van der Waals surface area (Å²) in [6.45, 7) is 5.63. The highest BCUT2D eigenvalue weighted by atomic mass is 15.1. The van der Waals surface area contributed by atoms with E-state index in [4.69, 9.17) is 0 Å². The van der Waals surface area contributed by atoms with Crippen LogP contribution in [0.5, 0.6) is 0 Å². The molecule has 1 saturated heterocycles. The van der Waals surface area contributed by atoms with Crippen molar-refractivity contribution in [2.45, 2.75) is 32.6 Å². The maximum atomic E-state index is 9.71. The molecule has 6 nitrogen and oxygen atoms in total. The van der Waals surface area contributed by atoms with Crippen molar-refractivity contribution in [1.29, 1.82) is 5.26 Å². The minimum atomic E-state index is 0.502. The van der Waals surface area contributed by atoms with Crippen molar-refractivity contribution in [3.8, 4) is 6.07 Å². The number of nitrogens with zero attached hydrogens (tertiary/aromatic N) is 4. The zero-order valence-corrected chi connectivity index (χ0v) is 20.1. The smallest absolute Gasteiger partial charge is 0.103 e. The summed E-state index contributed by atoms with van der Waals surface area (Å²) in [6, 6.07) is 12.6. The molecule has 5 rings (SSSR count). The molecule has 6 heteroatoms. The number of rotatable bonds is 7. The van der Waals surface area contributed by atoms with Crippen LogP contribution >= 0.6 is 0 Å². The molecule has 1 aromatic carbocycles. The topological polar surface area (TPSA) is 80.6 Å². The summed E-state index contributed by atoms with van der Waals surface area (Å²) >= 11 is 0. The lowest BCUT2D eigenvalue weighted by Crippen LogP contribution is -2.31. The number of nitriles is 1. The normalized spacial score (nSPS) is 14.4. The summed E-state index contributed by atoms with van der Waals surface area (Å²) in [4.78, 5) is 14.7. The number of anilines is 2. The molecule has 0 atom stereocenters. The Morgan fingerprint density at radius 3 is 2.74 bits per heavy atom. The van der Waals surface area contributed by atoms with Crippen molar-refractivity contribution in [2.75, 3.05) is 25.0 Å². The SMILES string of the molecule is Cc1c(Nc2c(C#N)cncc2/C=C/c2ccc(CCN3CCCCC3)cn2)ccc2[nH]ccc12. The molecule has 1 fully saturated rings. The van der Waals surface area contributed by atoms with Crippen molar-refractivity contribution in [3.05, 3.63) is 83.1 Å². The number of fused-ring (bicyclic) bond motifs is 1. The number of aromatic nitrogens is 3. The van der Waals surface area contributed by atoms with E-state index in [9.17, 15) is 5.26 Å². The van der Waals surface area contributed by atoms with Gasteiger partial charge >= 0.3 is 0 Å². The maximum absolute atomic E-state index is 9.71. The number of H-pyrrole nitrogens is 1. The predicted octanol–water partition coefficient (Wildman–Crippen LogP) is 6.08. The third-order valence-electron chi connectivity index (χ3n) is 6.81. The highest BCUT2D eigenvalue weighted by molar-refractivity contribution is 5.90. The van der Waals surface area contributed by atoms with Crippen molar-refractivity contribution in [2.24, 2.45) is 0 Å². The summed E-state index contributed by atoms with van der Waals surface area (Å²) < 4.78 is 0. The zero-order valence-electron chi connectivity index (χ0n) is 20.1. The lowest BCUT2D eigenvalue weighted by Gasteiger charge is -2.26. The molecule has 2 N–H and O–H groups in total. The predicted molar refractivity (Wildman–Crippen MR) is 142 cm³/mol. The minimum Gasteiger partial charge on any atom is -0.361 e. The minimum absolute atomic E-state index is 0.502. The van der Waals surface area contributed by atoms with E-state index in [1.807, 2.05) is 36.7 Å². The summed E-state index contributed by atoms with van der Waals surface area (Å²) in [5, 5.41) is 14.4. The molecule has 0 unspecified atom stereocenters. The van der Waals surface area contributed by atoms with Gasteiger partial charge in [-0.1, -0.05) is 12.5 Å². The van der Waals surface area contributed by atoms with Crippen LogP contribution in [-0.2, 0) is 6.42 Å². The third-order valence-corrected chi connectivity index (χ3v) is 6.81. The number of piperidine rings is 1. The molecule has 1 aliphatic rings. The van der Waals surface area contributed by atoms with Gasteiger partial charge in [-0.25, -0.2) is 0 Å². The molecule has 1 aliphatic heterocycles. The van der Waals surface area contributed by atoms with E-state index in [1.54, 1.807) is 12.4 Å². The van der Waals surface area contributed by atoms with E-state index >= 15 is 0 Å².